The van der Waals surface area contributed by atoms with E-state index < -0.39 is 9.84 Å². The average Bonchev–Trinajstić information content (AvgIpc) is 2.94. The number of carbonyl (C=O) groups excluding carboxylic acids is 1. The van der Waals surface area contributed by atoms with Crippen LogP contribution in [0, 0.1) is 0 Å². The summed E-state index contributed by atoms with van der Waals surface area (Å²) >= 11 is 7.37. The predicted molar refractivity (Wildman–Crippen MR) is 97.4 cm³/mol. The van der Waals surface area contributed by atoms with Gasteiger partial charge in [0.1, 0.15) is 0 Å². The van der Waals surface area contributed by atoms with E-state index in [1.54, 1.807) is 0 Å². The van der Waals surface area contributed by atoms with E-state index >= 15 is 0 Å². The van der Waals surface area contributed by atoms with Gasteiger partial charge in [-0.2, -0.15) is 0 Å². The number of thioether (sulfide) groups is 1. The molecule has 1 aromatic carbocycles. The molecule has 0 bridgehead atoms. The van der Waals surface area contributed by atoms with Crippen LogP contribution in [0.25, 0.3) is 0 Å². The van der Waals surface area contributed by atoms with Crippen molar-refractivity contribution in [1.29, 1.82) is 0 Å². The van der Waals surface area contributed by atoms with Crippen LogP contribution in [-0.2, 0) is 14.6 Å². The van der Waals surface area contributed by atoms with Gasteiger partial charge in [-0.1, -0.05) is 11.6 Å². The van der Waals surface area contributed by atoms with Crippen molar-refractivity contribution in [2.75, 3.05) is 43.4 Å². The van der Waals surface area contributed by atoms with E-state index in [0.717, 1.165) is 24.4 Å². The molecule has 24 heavy (non-hydrogen) atoms. The fourth-order valence-electron chi connectivity index (χ4n) is 3.17. The van der Waals surface area contributed by atoms with Crippen molar-refractivity contribution in [3.63, 3.8) is 0 Å². The Morgan fingerprint density at radius 2 is 1.83 bits per heavy atom. The highest BCUT2D eigenvalue weighted by atomic mass is 35.5. The fraction of sp³-hybridized carbons (Fsp3) is 0.562. The Morgan fingerprint density at radius 1 is 1.17 bits per heavy atom. The number of rotatable bonds is 4. The maximum Gasteiger partial charge on any atom is 0.233 e. The average molecular weight is 389 g/mol. The van der Waals surface area contributed by atoms with Crippen molar-refractivity contribution in [2.24, 2.45) is 0 Å². The van der Waals surface area contributed by atoms with Crippen molar-refractivity contribution < 1.29 is 13.2 Å². The molecule has 0 radical (unpaired) electrons. The second-order valence-electron chi connectivity index (χ2n) is 6.22. The summed E-state index contributed by atoms with van der Waals surface area (Å²) in [4.78, 5) is 17.5. The summed E-state index contributed by atoms with van der Waals surface area (Å²) in [7, 11) is -2.85. The van der Waals surface area contributed by atoms with Gasteiger partial charge in [-0.05, 0) is 30.7 Å². The van der Waals surface area contributed by atoms with Crippen LogP contribution < -0.4 is 0 Å². The standard InChI is InChI=1S/C16H21ClN2O3S2/c17-13-1-3-15(4-2-13)23-11-16(20)19-8-6-18(7-9-19)14-5-10-24(21,22)12-14/h1-4,14H,5-12H2/t14-/m0/s1. The number of carbonyl (C=O) groups is 1. The summed E-state index contributed by atoms with van der Waals surface area (Å²) < 4.78 is 23.2. The van der Waals surface area contributed by atoms with Gasteiger partial charge in [0, 0.05) is 42.1 Å². The molecule has 1 atom stereocenters. The molecule has 2 aliphatic rings. The first kappa shape index (κ1) is 18.0. The maximum atomic E-state index is 12.3. The first-order chi connectivity index (χ1) is 11.4. The van der Waals surface area contributed by atoms with Crippen LogP contribution in [0.2, 0.25) is 5.02 Å². The number of benzene rings is 1. The zero-order chi connectivity index (χ0) is 17.2. The number of amides is 1. The molecule has 0 aromatic heterocycles. The largest absolute Gasteiger partial charge is 0.339 e. The molecule has 1 aromatic rings. The number of hydrogen-bond acceptors (Lipinski definition) is 5. The van der Waals surface area contributed by atoms with Gasteiger partial charge in [0.2, 0.25) is 5.91 Å². The summed E-state index contributed by atoms with van der Waals surface area (Å²) in [5, 5.41) is 0.690. The molecule has 0 N–H and O–H groups in total. The van der Waals surface area contributed by atoms with Gasteiger partial charge in [-0.3, -0.25) is 9.69 Å². The van der Waals surface area contributed by atoms with Crippen molar-refractivity contribution in [3.8, 4) is 0 Å². The lowest BCUT2D eigenvalue weighted by Crippen LogP contribution is -2.52. The minimum atomic E-state index is -2.85. The van der Waals surface area contributed by atoms with Crippen LogP contribution in [0.5, 0.6) is 0 Å². The minimum Gasteiger partial charge on any atom is -0.339 e. The molecule has 2 saturated heterocycles. The van der Waals surface area contributed by atoms with Crippen molar-refractivity contribution >= 4 is 39.1 Å². The zero-order valence-electron chi connectivity index (χ0n) is 13.4. The smallest absolute Gasteiger partial charge is 0.233 e. The van der Waals surface area contributed by atoms with E-state index in [-0.39, 0.29) is 17.7 Å². The van der Waals surface area contributed by atoms with Gasteiger partial charge < -0.3 is 4.90 Å². The lowest BCUT2D eigenvalue weighted by atomic mass is 10.2. The van der Waals surface area contributed by atoms with Crippen LogP contribution in [0.3, 0.4) is 0 Å². The Morgan fingerprint density at radius 3 is 2.42 bits per heavy atom. The van der Waals surface area contributed by atoms with Crippen LogP contribution in [0.4, 0.5) is 0 Å². The number of halogens is 1. The normalized spacial score (nSPS) is 24.2. The highest BCUT2D eigenvalue weighted by Crippen LogP contribution is 2.22. The van der Waals surface area contributed by atoms with Crippen LogP contribution >= 0.6 is 23.4 Å². The zero-order valence-corrected chi connectivity index (χ0v) is 15.7. The number of sulfone groups is 1. The monoisotopic (exact) mass is 388 g/mol. The molecule has 0 spiro atoms. The Labute approximate surface area is 152 Å². The lowest BCUT2D eigenvalue weighted by molar-refractivity contribution is -0.130. The molecule has 2 heterocycles. The predicted octanol–water partition coefficient (Wildman–Crippen LogP) is 1.76. The molecule has 5 nitrogen and oxygen atoms in total. The molecule has 3 rings (SSSR count). The summed E-state index contributed by atoms with van der Waals surface area (Å²) in [5.74, 6) is 1.12. The number of piperazine rings is 1. The fourth-order valence-corrected chi connectivity index (χ4v) is 5.86. The maximum absolute atomic E-state index is 12.3. The number of hydrogen-bond donors (Lipinski definition) is 0. The molecular weight excluding hydrogens is 368 g/mol. The molecule has 0 aliphatic carbocycles. The first-order valence-corrected chi connectivity index (χ1v) is 11.2. The molecular formula is C16H21ClN2O3S2. The van der Waals surface area contributed by atoms with E-state index in [9.17, 15) is 13.2 Å². The molecule has 2 aliphatic heterocycles. The third kappa shape index (κ3) is 4.65. The van der Waals surface area contributed by atoms with Crippen molar-refractivity contribution in [3.05, 3.63) is 29.3 Å². The highest BCUT2D eigenvalue weighted by molar-refractivity contribution is 8.00. The van der Waals surface area contributed by atoms with Gasteiger partial charge in [-0.25, -0.2) is 8.42 Å². The molecule has 1 amide bonds. The van der Waals surface area contributed by atoms with E-state index in [4.69, 9.17) is 11.6 Å². The molecule has 2 fully saturated rings. The van der Waals surface area contributed by atoms with Gasteiger partial charge in [0.25, 0.3) is 0 Å². The Kier molecular flexibility index (Phi) is 5.74. The quantitative estimate of drug-likeness (QED) is 0.736. The van der Waals surface area contributed by atoms with E-state index in [1.165, 1.54) is 11.8 Å². The topological polar surface area (TPSA) is 57.7 Å². The third-order valence-corrected chi connectivity index (χ3v) is 7.57. The summed E-state index contributed by atoms with van der Waals surface area (Å²) in [6.45, 7) is 2.88. The van der Waals surface area contributed by atoms with Gasteiger partial charge in [0.15, 0.2) is 9.84 Å². The Bertz CT molecular complexity index is 686. The second-order valence-corrected chi connectivity index (χ2v) is 9.93. The van der Waals surface area contributed by atoms with Crippen molar-refractivity contribution in [2.45, 2.75) is 17.4 Å². The Balaban J connectivity index is 1.44. The second kappa shape index (κ2) is 7.64. The summed E-state index contributed by atoms with van der Waals surface area (Å²) in [6, 6.07) is 7.61. The van der Waals surface area contributed by atoms with Gasteiger partial charge in [-0.15, -0.1) is 11.8 Å². The summed E-state index contributed by atoms with van der Waals surface area (Å²) in [5.41, 5.74) is 0. The van der Waals surface area contributed by atoms with Gasteiger partial charge in [0.05, 0.1) is 17.3 Å². The van der Waals surface area contributed by atoms with E-state index in [2.05, 4.69) is 4.90 Å². The van der Waals surface area contributed by atoms with Crippen LogP contribution in [-0.4, -0.2) is 73.6 Å². The van der Waals surface area contributed by atoms with Crippen LogP contribution in [0.15, 0.2) is 29.2 Å². The summed E-state index contributed by atoms with van der Waals surface area (Å²) in [6.07, 6.45) is 0.725. The lowest BCUT2D eigenvalue weighted by Gasteiger charge is -2.37. The minimum absolute atomic E-state index is 0.133. The van der Waals surface area contributed by atoms with Crippen molar-refractivity contribution in [1.82, 2.24) is 9.80 Å². The molecule has 0 saturated carbocycles. The van der Waals surface area contributed by atoms with E-state index in [1.807, 2.05) is 29.2 Å². The first-order valence-electron chi connectivity index (χ1n) is 8.03. The Hall–Kier alpha value is -0.760. The molecule has 8 heteroatoms. The van der Waals surface area contributed by atoms with Gasteiger partial charge >= 0.3 is 0 Å². The van der Waals surface area contributed by atoms with E-state index in [0.29, 0.717) is 29.6 Å². The number of nitrogens with zero attached hydrogens (tertiary/aromatic N) is 2. The molecule has 132 valence electrons. The third-order valence-electron chi connectivity index (χ3n) is 4.57. The highest BCUT2D eigenvalue weighted by Gasteiger charge is 2.34. The van der Waals surface area contributed by atoms with Crippen LogP contribution in [0.1, 0.15) is 6.42 Å². The SMILES string of the molecule is O=C(CSc1ccc(Cl)cc1)N1CCN([C@H]2CCS(=O)(=O)C2)CC1. The molecule has 0 unspecified atom stereocenters.